The molecule has 2 N–H and O–H groups in total. The Hall–Kier alpha value is -0.170. The number of thioether (sulfide) groups is 1. The molecule has 1 atom stereocenters. The summed E-state index contributed by atoms with van der Waals surface area (Å²) in [4.78, 5) is 4.45. The third-order valence-corrected chi connectivity index (χ3v) is 5.06. The van der Waals surface area contributed by atoms with Crippen LogP contribution in [0.15, 0.2) is 4.34 Å². The van der Waals surface area contributed by atoms with Gasteiger partial charge in [-0.1, -0.05) is 39.0 Å². The molecule has 4 nitrogen and oxygen atoms in total. The van der Waals surface area contributed by atoms with E-state index in [4.69, 9.17) is 0 Å². The van der Waals surface area contributed by atoms with Gasteiger partial charge >= 0.3 is 0 Å². The minimum atomic E-state index is -0.156. The Labute approximate surface area is 130 Å². The minimum Gasteiger partial charge on any atom is -0.394 e. The molecule has 1 heterocycles. The van der Waals surface area contributed by atoms with Gasteiger partial charge in [-0.3, -0.25) is 0 Å². The lowest BCUT2D eigenvalue weighted by Crippen LogP contribution is -2.49. The molecule has 0 amide bonds. The van der Waals surface area contributed by atoms with Gasteiger partial charge in [0.15, 0.2) is 4.34 Å². The van der Waals surface area contributed by atoms with E-state index in [1.165, 1.54) is 11.5 Å². The van der Waals surface area contributed by atoms with E-state index >= 15 is 0 Å². The summed E-state index contributed by atoms with van der Waals surface area (Å²) in [6.07, 6.45) is 4.16. The standard InChI is InChI=1S/C14H27N3OS2/c1-5-12-15-13(20-17-12)19-9-7-6-8-14(4,10-18)16-11(2)3/h11,16,18H,5-10H2,1-4H3. The molecule has 0 spiro atoms. The Balaban J connectivity index is 2.20. The summed E-state index contributed by atoms with van der Waals surface area (Å²) >= 11 is 3.29. The van der Waals surface area contributed by atoms with Gasteiger partial charge in [-0.05, 0) is 31.3 Å². The third kappa shape index (κ3) is 6.52. The van der Waals surface area contributed by atoms with E-state index in [0.29, 0.717) is 6.04 Å². The number of aryl methyl sites for hydroxylation is 1. The van der Waals surface area contributed by atoms with E-state index in [-0.39, 0.29) is 12.1 Å². The molecule has 1 rings (SSSR count). The molecule has 0 aliphatic carbocycles. The first-order chi connectivity index (χ1) is 9.49. The quantitative estimate of drug-likeness (QED) is 0.513. The van der Waals surface area contributed by atoms with Crippen molar-refractivity contribution in [1.82, 2.24) is 14.7 Å². The average Bonchev–Trinajstić information content (AvgIpc) is 2.85. The second-order valence-electron chi connectivity index (χ2n) is 5.65. The van der Waals surface area contributed by atoms with Crippen LogP contribution in [-0.2, 0) is 6.42 Å². The molecule has 0 aliphatic rings. The van der Waals surface area contributed by atoms with Crippen LogP contribution in [0.2, 0.25) is 0 Å². The Morgan fingerprint density at radius 1 is 1.40 bits per heavy atom. The summed E-state index contributed by atoms with van der Waals surface area (Å²) in [5.41, 5.74) is -0.156. The maximum absolute atomic E-state index is 9.51. The monoisotopic (exact) mass is 317 g/mol. The van der Waals surface area contributed by atoms with E-state index in [2.05, 4.69) is 42.4 Å². The number of aromatic nitrogens is 2. The van der Waals surface area contributed by atoms with Crippen LogP contribution in [0, 0.1) is 0 Å². The predicted molar refractivity (Wildman–Crippen MR) is 87.6 cm³/mol. The SMILES string of the molecule is CCc1nsc(SCCCCC(C)(CO)NC(C)C)n1. The number of aliphatic hydroxyl groups excluding tert-OH is 1. The van der Waals surface area contributed by atoms with Gasteiger partial charge in [0, 0.05) is 23.8 Å². The highest BCUT2D eigenvalue weighted by Crippen LogP contribution is 2.23. The average molecular weight is 318 g/mol. The maximum atomic E-state index is 9.51. The predicted octanol–water partition coefficient (Wildman–Crippen LogP) is 3.11. The first kappa shape index (κ1) is 17.9. The van der Waals surface area contributed by atoms with Crippen molar-refractivity contribution in [3.8, 4) is 0 Å². The number of unbranched alkanes of at least 4 members (excludes halogenated alkanes) is 1. The summed E-state index contributed by atoms with van der Waals surface area (Å²) in [5.74, 6) is 2.02. The van der Waals surface area contributed by atoms with Crippen LogP contribution in [0.25, 0.3) is 0 Å². The summed E-state index contributed by atoms with van der Waals surface area (Å²) in [7, 11) is 0. The highest BCUT2D eigenvalue weighted by atomic mass is 32.2. The van der Waals surface area contributed by atoms with Crippen LogP contribution in [0.1, 0.15) is 52.8 Å². The van der Waals surface area contributed by atoms with Gasteiger partial charge in [-0.2, -0.15) is 4.37 Å². The van der Waals surface area contributed by atoms with Gasteiger partial charge in [-0.15, -0.1) is 0 Å². The van der Waals surface area contributed by atoms with Crippen LogP contribution < -0.4 is 5.32 Å². The molecular formula is C14H27N3OS2. The van der Waals surface area contributed by atoms with Crippen molar-refractivity contribution in [2.75, 3.05) is 12.4 Å². The van der Waals surface area contributed by atoms with Gasteiger partial charge in [-0.25, -0.2) is 4.98 Å². The summed E-state index contributed by atoms with van der Waals surface area (Å²) in [6, 6.07) is 0.399. The number of hydrogen-bond donors (Lipinski definition) is 2. The normalized spacial score (nSPS) is 14.7. The first-order valence-corrected chi connectivity index (χ1v) is 9.09. The molecule has 0 saturated heterocycles. The Bertz CT molecular complexity index is 384. The van der Waals surface area contributed by atoms with Crippen molar-refractivity contribution in [3.63, 3.8) is 0 Å². The van der Waals surface area contributed by atoms with Crippen molar-refractivity contribution in [1.29, 1.82) is 0 Å². The Kier molecular flexibility index (Phi) is 8.02. The molecule has 0 aliphatic heterocycles. The van der Waals surface area contributed by atoms with Crippen molar-refractivity contribution in [2.24, 2.45) is 0 Å². The number of nitrogens with one attached hydrogen (secondary N) is 1. The zero-order valence-electron chi connectivity index (χ0n) is 13.0. The Morgan fingerprint density at radius 2 is 2.15 bits per heavy atom. The number of nitrogens with zero attached hydrogens (tertiary/aromatic N) is 2. The summed E-state index contributed by atoms with van der Waals surface area (Å²) in [6.45, 7) is 8.59. The van der Waals surface area contributed by atoms with Crippen molar-refractivity contribution in [2.45, 2.75) is 69.3 Å². The largest absolute Gasteiger partial charge is 0.394 e. The molecule has 1 unspecified atom stereocenters. The van der Waals surface area contributed by atoms with E-state index in [9.17, 15) is 5.11 Å². The Morgan fingerprint density at radius 3 is 2.70 bits per heavy atom. The third-order valence-electron chi connectivity index (χ3n) is 3.10. The van der Waals surface area contributed by atoms with Gasteiger partial charge in [0.1, 0.15) is 5.82 Å². The van der Waals surface area contributed by atoms with Gasteiger partial charge in [0.2, 0.25) is 0 Å². The molecule has 1 aromatic rings. The van der Waals surface area contributed by atoms with Gasteiger partial charge in [0.25, 0.3) is 0 Å². The van der Waals surface area contributed by atoms with E-state index < -0.39 is 0 Å². The molecule has 0 aromatic carbocycles. The van der Waals surface area contributed by atoms with E-state index in [1.54, 1.807) is 11.8 Å². The maximum Gasteiger partial charge on any atom is 0.170 e. The van der Waals surface area contributed by atoms with E-state index in [0.717, 1.165) is 41.6 Å². The lowest BCUT2D eigenvalue weighted by Gasteiger charge is -2.31. The fraction of sp³-hybridized carbons (Fsp3) is 0.857. The molecule has 116 valence electrons. The second-order valence-corrected chi connectivity index (χ2v) is 7.75. The minimum absolute atomic E-state index is 0.156. The van der Waals surface area contributed by atoms with Crippen molar-refractivity contribution >= 4 is 23.3 Å². The molecule has 1 aromatic heterocycles. The zero-order chi connectivity index (χ0) is 15.0. The number of rotatable bonds is 10. The lowest BCUT2D eigenvalue weighted by atomic mass is 9.95. The van der Waals surface area contributed by atoms with Crippen molar-refractivity contribution < 1.29 is 5.11 Å². The van der Waals surface area contributed by atoms with Crippen LogP contribution in [0.3, 0.4) is 0 Å². The van der Waals surface area contributed by atoms with Gasteiger partial charge < -0.3 is 10.4 Å². The highest BCUT2D eigenvalue weighted by Gasteiger charge is 2.22. The summed E-state index contributed by atoms with van der Waals surface area (Å²) < 4.78 is 5.36. The summed E-state index contributed by atoms with van der Waals surface area (Å²) in [5, 5.41) is 13.0. The number of hydrogen-bond acceptors (Lipinski definition) is 6. The molecule has 6 heteroatoms. The molecular weight excluding hydrogens is 290 g/mol. The zero-order valence-corrected chi connectivity index (χ0v) is 14.6. The molecule has 0 bridgehead atoms. The fourth-order valence-electron chi connectivity index (χ4n) is 2.11. The highest BCUT2D eigenvalue weighted by molar-refractivity contribution is 8.00. The van der Waals surface area contributed by atoms with Crippen LogP contribution in [0.5, 0.6) is 0 Å². The lowest BCUT2D eigenvalue weighted by molar-refractivity contribution is 0.154. The van der Waals surface area contributed by atoms with Crippen molar-refractivity contribution in [3.05, 3.63) is 5.82 Å². The van der Waals surface area contributed by atoms with Crippen LogP contribution in [0.4, 0.5) is 0 Å². The van der Waals surface area contributed by atoms with E-state index in [1.807, 2.05) is 0 Å². The second kappa shape index (κ2) is 8.97. The number of aliphatic hydroxyl groups is 1. The van der Waals surface area contributed by atoms with Crippen LogP contribution in [-0.4, -0.2) is 38.4 Å². The molecule has 0 saturated carbocycles. The fourth-order valence-corrected chi connectivity index (χ4v) is 3.88. The first-order valence-electron chi connectivity index (χ1n) is 7.33. The smallest absolute Gasteiger partial charge is 0.170 e. The topological polar surface area (TPSA) is 58.0 Å². The van der Waals surface area contributed by atoms with Gasteiger partial charge in [0.05, 0.1) is 6.61 Å². The molecule has 0 fully saturated rings. The molecule has 20 heavy (non-hydrogen) atoms. The van der Waals surface area contributed by atoms with Crippen LogP contribution >= 0.6 is 23.3 Å². The molecule has 0 radical (unpaired) electrons.